The van der Waals surface area contributed by atoms with Gasteiger partial charge in [-0.15, -0.1) is 0 Å². The summed E-state index contributed by atoms with van der Waals surface area (Å²) >= 11 is 0. The summed E-state index contributed by atoms with van der Waals surface area (Å²) in [5, 5.41) is 3.60. The Balaban J connectivity index is 1.97. The summed E-state index contributed by atoms with van der Waals surface area (Å²) in [4.78, 5) is 4.80. The van der Waals surface area contributed by atoms with Crippen molar-refractivity contribution >= 4 is 0 Å². The summed E-state index contributed by atoms with van der Waals surface area (Å²) in [5.41, 5.74) is 3.88. The maximum Gasteiger partial charge on any atom is 0.0466 e. The summed E-state index contributed by atoms with van der Waals surface area (Å²) in [7, 11) is 1.76. The summed E-state index contributed by atoms with van der Waals surface area (Å²) in [6, 6.07) is 5.31. The molecule has 1 heterocycles. The molecule has 3 heteroatoms. The summed E-state index contributed by atoms with van der Waals surface area (Å²) < 4.78 is 5.14. The largest absolute Gasteiger partial charge is 0.385 e. The molecule has 0 aromatic carbocycles. The van der Waals surface area contributed by atoms with E-state index in [9.17, 15) is 0 Å². The summed E-state index contributed by atoms with van der Waals surface area (Å²) in [6.45, 7) is 4.04. The van der Waals surface area contributed by atoms with Crippen LogP contribution in [0.4, 0.5) is 0 Å². The number of methoxy groups -OCH3 is 1. The minimum Gasteiger partial charge on any atom is -0.385 e. The molecule has 3 nitrogen and oxygen atoms in total. The van der Waals surface area contributed by atoms with Crippen LogP contribution in [0.3, 0.4) is 0 Å². The van der Waals surface area contributed by atoms with Crippen molar-refractivity contribution in [1.29, 1.82) is 0 Å². The zero-order chi connectivity index (χ0) is 14.2. The fourth-order valence-electron chi connectivity index (χ4n) is 2.38. The van der Waals surface area contributed by atoms with Crippen molar-refractivity contribution in [2.24, 2.45) is 0 Å². The van der Waals surface area contributed by atoms with Crippen LogP contribution in [0.2, 0.25) is 0 Å². The standard InChI is InChI=1S/C17H28N2O/c1-3-4-6-16-11-14(13-18-15-8-9-15)12-17(19-16)7-5-10-20-2/h11-12,15,18H,3-10,13H2,1-2H3. The molecule has 0 radical (unpaired) electrons. The second-order valence-corrected chi connectivity index (χ2v) is 5.81. The Labute approximate surface area is 123 Å². The quantitative estimate of drug-likeness (QED) is 0.666. The SMILES string of the molecule is CCCCc1cc(CNC2CC2)cc(CCCOC)n1. The lowest BCUT2D eigenvalue weighted by Crippen LogP contribution is -2.16. The van der Waals surface area contributed by atoms with Crippen molar-refractivity contribution in [3.8, 4) is 0 Å². The first-order chi connectivity index (χ1) is 9.81. The van der Waals surface area contributed by atoms with Gasteiger partial charge in [0.05, 0.1) is 0 Å². The molecule has 1 saturated carbocycles. The van der Waals surface area contributed by atoms with Crippen LogP contribution in [0.5, 0.6) is 0 Å². The van der Waals surface area contributed by atoms with E-state index in [1.807, 2.05) is 0 Å². The molecule has 1 fully saturated rings. The molecule has 1 aromatic heterocycles. The van der Waals surface area contributed by atoms with E-state index < -0.39 is 0 Å². The molecule has 0 amide bonds. The van der Waals surface area contributed by atoms with Crippen LogP contribution in [0.1, 0.15) is 56.0 Å². The smallest absolute Gasteiger partial charge is 0.0466 e. The van der Waals surface area contributed by atoms with Crippen LogP contribution in [0, 0.1) is 0 Å². The number of nitrogens with zero attached hydrogens (tertiary/aromatic N) is 1. The Bertz CT molecular complexity index is 402. The minimum atomic E-state index is 0.763. The van der Waals surface area contributed by atoms with Gasteiger partial charge in [0.2, 0.25) is 0 Å². The molecular formula is C17H28N2O. The maximum atomic E-state index is 5.14. The Morgan fingerprint density at radius 3 is 2.50 bits per heavy atom. The zero-order valence-corrected chi connectivity index (χ0v) is 13.0. The highest BCUT2D eigenvalue weighted by molar-refractivity contribution is 5.22. The molecule has 1 aromatic rings. The second kappa shape index (κ2) is 8.38. The highest BCUT2D eigenvalue weighted by atomic mass is 16.5. The Morgan fingerprint density at radius 1 is 1.20 bits per heavy atom. The fourth-order valence-corrected chi connectivity index (χ4v) is 2.38. The molecule has 0 atom stereocenters. The lowest BCUT2D eigenvalue weighted by molar-refractivity contribution is 0.195. The second-order valence-electron chi connectivity index (χ2n) is 5.81. The molecule has 0 aliphatic heterocycles. The number of unbranched alkanes of at least 4 members (excludes halogenated alkanes) is 1. The third-order valence-electron chi connectivity index (χ3n) is 3.73. The monoisotopic (exact) mass is 276 g/mol. The van der Waals surface area contributed by atoms with E-state index in [-0.39, 0.29) is 0 Å². The van der Waals surface area contributed by atoms with Crippen LogP contribution in [-0.4, -0.2) is 24.7 Å². The molecule has 20 heavy (non-hydrogen) atoms. The van der Waals surface area contributed by atoms with Gasteiger partial charge in [-0.05, 0) is 56.2 Å². The van der Waals surface area contributed by atoms with Crippen LogP contribution < -0.4 is 5.32 Å². The van der Waals surface area contributed by atoms with E-state index in [4.69, 9.17) is 9.72 Å². The van der Waals surface area contributed by atoms with Gasteiger partial charge in [-0.2, -0.15) is 0 Å². The first-order valence-corrected chi connectivity index (χ1v) is 8.03. The van der Waals surface area contributed by atoms with Crippen LogP contribution in [0.25, 0.3) is 0 Å². The van der Waals surface area contributed by atoms with Gasteiger partial charge >= 0.3 is 0 Å². The predicted molar refractivity (Wildman–Crippen MR) is 82.9 cm³/mol. The van der Waals surface area contributed by atoms with Crippen molar-refractivity contribution in [3.05, 3.63) is 29.1 Å². The number of nitrogens with one attached hydrogen (secondary N) is 1. The third-order valence-corrected chi connectivity index (χ3v) is 3.73. The zero-order valence-electron chi connectivity index (χ0n) is 13.0. The van der Waals surface area contributed by atoms with E-state index in [0.717, 1.165) is 38.5 Å². The topological polar surface area (TPSA) is 34.1 Å². The van der Waals surface area contributed by atoms with Crippen molar-refractivity contribution < 1.29 is 4.74 Å². The molecular weight excluding hydrogens is 248 g/mol. The molecule has 2 rings (SSSR count). The third kappa shape index (κ3) is 5.59. The fraction of sp³-hybridized carbons (Fsp3) is 0.706. The van der Waals surface area contributed by atoms with Crippen molar-refractivity contribution in [2.45, 2.75) is 64.5 Å². The number of hydrogen-bond donors (Lipinski definition) is 1. The highest BCUT2D eigenvalue weighted by Crippen LogP contribution is 2.20. The van der Waals surface area contributed by atoms with Gasteiger partial charge in [0.15, 0.2) is 0 Å². The molecule has 1 aliphatic rings. The lowest BCUT2D eigenvalue weighted by atomic mass is 10.1. The van der Waals surface area contributed by atoms with Crippen LogP contribution >= 0.6 is 0 Å². The number of rotatable bonds is 10. The van der Waals surface area contributed by atoms with E-state index >= 15 is 0 Å². The number of ether oxygens (including phenoxy) is 1. The summed E-state index contributed by atoms with van der Waals surface area (Å²) in [5.74, 6) is 0. The molecule has 1 aliphatic carbocycles. The van der Waals surface area contributed by atoms with Crippen molar-refractivity contribution in [3.63, 3.8) is 0 Å². The molecule has 1 N–H and O–H groups in total. The first-order valence-electron chi connectivity index (χ1n) is 8.03. The number of aryl methyl sites for hydroxylation is 2. The normalized spacial score (nSPS) is 14.7. The predicted octanol–water partition coefficient (Wildman–Crippen LogP) is 3.26. The van der Waals surface area contributed by atoms with E-state index in [0.29, 0.717) is 0 Å². The van der Waals surface area contributed by atoms with Gasteiger partial charge in [0.1, 0.15) is 0 Å². The van der Waals surface area contributed by atoms with E-state index in [1.165, 1.54) is 42.6 Å². The Morgan fingerprint density at radius 2 is 1.90 bits per heavy atom. The van der Waals surface area contributed by atoms with Gasteiger partial charge in [0, 0.05) is 37.7 Å². The van der Waals surface area contributed by atoms with E-state index in [1.54, 1.807) is 7.11 Å². The first kappa shape index (κ1) is 15.5. The van der Waals surface area contributed by atoms with Crippen molar-refractivity contribution in [1.82, 2.24) is 10.3 Å². The average molecular weight is 276 g/mol. The van der Waals surface area contributed by atoms with Gasteiger partial charge in [0.25, 0.3) is 0 Å². The minimum absolute atomic E-state index is 0.763. The van der Waals surface area contributed by atoms with E-state index in [2.05, 4.69) is 24.4 Å². The van der Waals surface area contributed by atoms with Crippen LogP contribution in [0.15, 0.2) is 12.1 Å². The Kier molecular flexibility index (Phi) is 6.48. The van der Waals surface area contributed by atoms with Gasteiger partial charge in [-0.25, -0.2) is 0 Å². The van der Waals surface area contributed by atoms with Gasteiger partial charge in [-0.3, -0.25) is 4.98 Å². The Hall–Kier alpha value is -0.930. The van der Waals surface area contributed by atoms with Crippen LogP contribution in [-0.2, 0) is 24.1 Å². The van der Waals surface area contributed by atoms with Crippen molar-refractivity contribution in [2.75, 3.05) is 13.7 Å². The molecule has 112 valence electrons. The number of hydrogen-bond acceptors (Lipinski definition) is 3. The average Bonchev–Trinajstić information content (AvgIpc) is 3.27. The molecule has 0 unspecified atom stereocenters. The molecule has 0 saturated heterocycles. The van der Waals surface area contributed by atoms with Gasteiger partial charge < -0.3 is 10.1 Å². The number of pyridine rings is 1. The number of aromatic nitrogens is 1. The van der Waals surface area contributed by atoms with Gasteiger partial charge in [-0.1, -0.05) is 13.3 Å². The molecule has 0 spiro atoms. The summed E-state index contributed by atoms with van der Waals surface area (Å²) in [6.07, 6.45) is 8.31. The highest BCUT2D eigenvalue weighted by Gasteiger charge is 2.20. The maximum absolute atomic E-state index is 5.14. The lowest BCUT2D eigenvalue weighted by Gasteiger charge is -2.10. The molecule has 0 bridgehead atoms.